The van der Waals surface area contributed by atoms with Gasteiger partial charge in [-0.1, -0.05) is 19.9 Å². The van der Waals surface area contributed by atoms with Crippen molar-refractivity contribution >= 4 is 29.3 Å². The van der Waals surface area contributed by atoms with Crippen LogP contribution in [0.4, 0.5) is 0 Å². The van der Waals surface area contributed by atoms with Crippen LogP contribution in [0.25, 0.3) is 6.08 Å². The second-order valence-electron chi connectivity index (χ2n) is 5.41. The second-order valence-corrected chi connectivity index (χ2v) is 5.82. The van der Waals surface area contributed by atoms with Crippen LogP contribution in [0.5, 0.6) is 11.5 Å². The number of ether oxygens (including phenoxy) is 2. The number of thiocarbonyl (C=S) groups is 1. The lowest BCUT2D eigenvalue weighted by atomic mass is 10.1. The first-order valence-electron chi connectivity index (χ1n) is 7.14. The fourth-order valence-corrected chi connectivity index (χ4v) is 2.15. The summed E-state index contributed by atoms with van der Waals surface area (Å²) in [6, 6.07) is 5.54. The van der Waals surface area contributed by atoms with Gasteiger partial charge in [0.05, 0.1) is 13.7 Å². The number of benzene rings is 1. The molecule has 1 heterocycles. The van der Waals surface area contributed by atoms with Gasteiger partial charge in [0.25, 0.3) is 5.91 Å². The van der Waals surface area contributed by atoms with Crippen molar-refractivity contribution in [1.82, 2.24) is 10.6 Å². The zero-order valence-corrected chi connectivity index (χ0v) is 13.8. The van der Waals surface area contributed by atoms with Gasteiger partial charge in [-0.3, -0.25) is 10.1 Å². The summed E-state index contributed by atoms with van der Waals surface area (Å²) in [4.78, 5) is 11.6. The molecule has 0 radical (unpaired) electrons. The normalized spacial score (nSPS) is 15.9. The molecule has 0 aliphatic carbocycles. The van der Waals surface area contributed by atoms with Gasteiger partial charge in [-0.2, -0.15) is 0 Å². The molecule has 5 nitrogen and oxygen atoms in total. The van der Waals surface area contributed by atoms with Crippen molar-refractivity contribution < 1.29 is 14.3 Å². The summed E-state index contributed by atoms with van der Waals surface area (Å²) in [6.45, 7) is 4.95. The molecule has 0 saturated carbocycles. The Hall–Kier alpha value is -2.08. The lowest BCUT2D eigenvalue weighted by molar-refractivity contribution is -0.115. The van der Waals surface area contributed by atoms with E-state index >= 15 is 0 Å². The average molecular weight is 320 g/mol. The minimum absolute atomic E-state index is 0.235. The summed E-state index contributed by atoms with van der Waals surface area (Å²) in [5, 5.41) is 5.65. The van der Waals surface area contributed by atoms with Crippen molar-refractivity contribution in [2.45, 2.75) is 20.3 Å². The van der Waals surface area contributed by atoms with E-state index in [0.717, 1.165) is 12.0 Å². The Bertz CT molecular complexity index is 611. The van der Waals surface area contributed by atoms with Gasteiger partial charge < -0.3 is 14.8 Å². The highest BCUT2D eigenvalue weighted by atomic mass is 32.1. The number of carbonyl (C=O) groups excluding carboxylic acids is 1. The molecule has 2 N–H and O–H groups in total. The number of hydrogen-bond acceptors (Lipinski definition) is 4. The second kappa shape index (κ2) is 7.26. The largest absolute Gasteiger partial charge is 0.493 e. The van der Waals surface area contributed by atoms with Crippen molar-refractivity contribution in [2.75, 3.05) is 13.7 Å². The molecule has 0 atom stereocenters. The summed E-state index contributed by atoms with van der Waals surface area (Å²) in [5.74, 6) is 1.69. The predicted octanol–water partition coefficient (Wildman–Crippen LogP) is 2.47. The molecule has 118 valence electrons. The first kappa shape index (κ1) is 16.3. The van der Waals surface area contributed by atoms with Gasteiger partial charge >= 0.3 is 0 Å². The molecule has 6 heteroatoms. The van der Waals surface area contributed by atoms with Crippen molar-refractivity contribution in [3.8, 4) is 11.5 Å². The molecular weight excluding hydrogens is 300 g/mol. The lowest BCUT2D eigenvalue weighted by Gasteiger charge is -2.12. The third-order valence-corrected chi connectivity index (χ3v) is 3.38. The van der Waals surface area contributed by atoms with Gasteiger partial charge in [0, 0.05) is 0 Å². The number of methoxy groups -OCH3 is 1. The van der Waals surface area contributed by atoms with Gasteiger partial charge in [-0.15, -0.1) is 0 Å². The van der Waals surface area contributed by atoms with Crippen LogP contribution >= 0.6 is 12.2 Å². The Morgan fingerprint density at radius 3 is 2.64 bits per heavy atom. The summed E-state index contributed by atoms with van der Waals surface area (Å²) >= 11 is 4.90. The topological polar surface area (TPSA) is 59.6 Å². The maximum Gasteiger partial charge on any atom is 0.273 e. The van der Waals surface area contributed by atoms with Crippen LogP contribution in [-0.2, 0) is 4.79 Å². The molecule has 22 heavy (non-hydrogen) atoms. The molecule has 1 aliphatic rings. The Morgan fingerprint density at radius 2 is 2.05 bits per heavy atom. The number of nitrogens with one attached hydrogen (secondary N) is 2. The Labute approximate surface area is 135 Å². The summed E-state index contributed by atoms with van der Waals surface area (Å²) in [6.07, 6.45) is 2.70. The van der Waals surface area contributed by atoms with E-state index in [-0.39, 0.29) is 5.91 Å². The highest BCUT2D eigenvalue weighted by Gasteiger charge is 2.20. The van der Waals surface area contributed by atoms with E-state index in [1.807, 2.05) is 18.2 Å². The van der Waals surface area contributed by atoms with Crippen LogP contribution in [0, 0.1) is 5.92 Å². The quantitative estimate of drug-likeness (QED) is 0.623. The molecule has 1 amide bonds. The lowest BCUT2D eigenvalue weighted by Crippen LogP contribution is -2.21. The molecule has 2 rings (SSSR count). The van der Waals surface area contributed by atoms with Crippen LogP contribution < -0.4 is 20.1 Å². The minimum Gasteiger partial charge on any atom is -0.493 e. The SMILES string of the molecule is COc1cc(/C=C2/NC(=S)NC2=O)ccc1OCCC(C)C. The molecule has 1 aromatic rings. The predicted molar refractivity (Wildman–Crippen MR) is 89.8 cm³/mol. The standard InChI is InChI=1S/C16H20N2O3S/c1-10(2)6-7-21-13-5-4-11(9-14(13)20-3)8-12-15(19)18-16(22)17-12/h4-5,8-10H,6-7H2,1-3H3,(H2,17,18,19,22)/b12-8+. The zero-order chi connectivity index (χ0) is 16.1. The first-order chi connectivity index (χ1) is 10.5. The zero-order valence-electron chi connectivity index (χ0n) is 12.9. The van der Waals surface area contributed by atoms with Crippen molar-refractivity contribution in [3.05, 3.63) is 29.5 Å². The van der Waals surface area contributed by atoms with Gasteiger partial charge in [-0.25, -0.2) is 0 Å². The van der Waals surface area contributed by atoms with Crippen LogP contribution in [0.2, 0.25) is 0 Å². The molecule has 0 unspecified atom stereocenters. The highest BCUT2D eigenvalue weighted by molar-refractivity contribution is 7.80. The van der Waals surface area contributed by atoms with Crippen LogP contribution in [0.15, 0.2) is 23.9 Å². The maximum atomic E-state index is 11.6. The third-order valence-electron chi connectivity index (χ3n) is 3.17. The van der Waals surface area contributed by atoms with E-state index in [0.29, 0.717) is 34.8 Å². The van der Waals surface area contributed by atoms with E-state index < -0.39 is 0 Å². The smallest absolute Gasteiger partial charge is 0.273 e. The number of carbonyl (C=O) groups is 1. The van der Waals surface area contributed by atoms with Crippen molar-refractivity contribution in [1.29, 1.82) is 0 Å². The fraction of sp³-hybridized carbons (Fsp3) is 0.375. The molecule has 1 saturated heterocycles. The first-order valence-corrected chi connectivity index (χ1v) is 7.55. The Morgan fingerprint density at radius 1 is 1.27 bits per heavy atom. The third kappa shape index (κ3) is 4.21. The van der Waals surface area contributed by atoms with Crippen LogP contribution in [-0.4, -0.2) is 24.7 Å². The molecule has 0 bridgehead atoms. The van der Waals surface area contributed by atoms with Gasteiger partial charge in [0.15, 0.2) is 16.6 Å². The monoisotopic (exact) mass is 320 g/mol. The van der Waals surface area contributed by atoms with Crippen LogP contribution in [0.1, 0.15) is 25.8 Å². The van der Waals surface area contributed by atoms with E-state index in [4.69, 9.17) is 21.7 Å². The minimum atomic E-state index is -0.235. The number of amides is 1. The molecular formula is C16H20N2O3S. The summed E-state index contributed by atoms with van der Waals surface area (Å²) in [7, 11) is 1.59. The Kier molecular flexibility index (Phi) is 5.38. The number of hydrogen-bond donors (Lipinski definition) is 2. The average Bonchev–Trinajstić information content (AvgIpc) is 2.77. The summed E-state index contributed by atoms with van der Waals surface area (Å²) in [5.41, 5.74) is 1.25. The van der Waals surface area contributed by atoms with Gasteiger partial charge in [0.2, 0.25) is 0 Å². The van der Waals surface area contributed by atoms with E-state index in [1.165, 1.54) is 0 Å². The fourth-order valence-electron chi connectivity index (χ4n) is 1.95. The van der Waals surface area contributed by atoms with Crippen molar-refractivity contribution in [3.63, 3.8) is 0 Å². The molecule has 0 spiro atoms. The number of rotatable bonds is 6. The van der Waals surface area contributed by atoms with Crippen molar-refractivity contribution in [2.24, 2.45) is 5.92 Å². The molecule has 1 aliphatic heterocycles. The molecule has 1 aromatic carbocycles. The summed E-state index contributed by atoms with van der Waals surface area (Å²) < 4.78 is 11.1. The Balaban J connectivity index is 2.13. The van der Waals surface area contributed by atoms with Crippen LogP contribution in [0.3, 0.4) is 0 Å². The molecule has 1 fully saturated rings. The van der Waals surface area contributed by atoms with Gasteiger partial charge in [-0.05, 0) is 48.3 Å². The van der Waals surface area contributed by atoms with E-state index in [2.05, 4.69) is 24.5 Å². The van der Waals surface area contributed by atoms with E-state index in [1.54, 1.807) is 13.2 Å². The maximum absolute atomic E-state index is 11.6. The highest BCUT2D eigenvalue weighted by Crippen LogP contribution is 2.29. The van der Waals surface area contributed by atoms with Gasteiger partial charge in [0.1, 0.15) is 5.70 Å². The molecule has 0 aromatic heterocycles. The van der Waals surface area contributed by atoms with E-state index in [9.17, 15) is 4.79 Å².